The van der Waals surface area contributed by atoms with Crippen LogP contribution in [0.4, 0.5) is 17.6 Å². The maximum atomic E-state index is 14.0. The van der Waals surface area contributed by atoms with Gasteiger partial charge in [-0.25, -0.2) is 13.9 Å². The van der Waals surface area contributed by atoms with Crippen molar-refractivity contribution in [3.63, 3.8) is 0 Å². The maximum Gasteiger partial charge on any atom is 0.475 e. The molecule has 0 aliphatic carbocycles. The highest BCUT2D eigenvalue weighted by atomic mass is 35.5. The molecule has 2 aromatic rings. The molecule has 0 N–H and O–H groups in total. The van der Waals surface area contributed by atoms with E-state index in [2.05, 4.69) is 4.99 Å². The zero-order valence-corrected chi connectivity index (χ0v) is 27.8. The zero-order valence-electron chi connectivity index (χ0n) is 26.1. The van der Waals surface area contributed by atoms with Crippen LogP contribution in [0.5, 0.6) is 5.75 Å². The molecule has 3 rings (SSSR count). The van der Waals surface area contributed by atoms with Crippen molar-refractivity contribution in [2.24, 2.45) is 4.99 Å². The van der Waals surface area contributed by atoms with Gasteiger partial charge < -0.3 is 9.47 Å². The summed E-state index contributed by atoms with van der Waals surface area (Å²) in [4.78, 5) is 4.56. The molecule has 13 heteroatoms. The number of hydrogen-bond acceptors (Lipinski definition) is 7. The normalized spacial score (nSPS) is 17.9. The van der Waals surface area contributed by atoms with Crippen molar-refractivity contribution in [2.45, 2.75) is 97.1 Å². The van der Waals surface area contributed by atoms with E-state index in [4.69, 9.17) is 34.6 Å². The Morgan fingerprint density at radius 2 is 1.66 bits per heavy atom. The topological polar surface area (TPSA) is 75.6 Å². The number of rotatable bonds is 13. The molecule has 0 amide bonds. The Balaban J connectivity index is 1.72. The predicted molar refractivity (Wildman–Crippen MR) is 162 cm³/mol. The Morgan fingerprint density at radius 3 is 2.23 bits per heavy atom. The van der Waals surface area contributed by atoms with E-state index in [1.807, 2.05) is 0 Å². The Kier molecular flexibility index (Phi) is 11.6. The van der Waals surface area contributed by atoms with Gasteiger partial charge in [-0.15, -0.1) is 0 Å². The van der Waals surface area contributed by atoms with Crippen LogP contribution in [0.2, 0.25) is 5.02 Å². The van der Waals surface area contributed by atoms with Gasteiger partial charge in [-0.05, 0) is 109 Å². The van der Waals surface area contributed by atoms with Crippen LogP contribution in [0.25, 0.3) is 0 Å². The fourth-order valence-electron chi connectivity index (χ4n) is 4.49. The SMILES string of the molecule is CC1=NC(CCc2ccc(OCCCc3cc(Cl)ccc3F)c(C(F)(F)F)c2)(COP(=O)(OC(C)(C)C)OC(C)(C)C)CO1. The van der Waals surface area contributed by atoms with E-state index in [0.29, 0.717) is 22.0 Å². The minimum absolute atomic E-state index is 0.0481. The van der Waals surface area contributed by atoms with Gasteiger partial charge in [0.1, 0.15) is 23.7 Å². The molecule has 0 spiro atoms. The van der Waals surface area contributed by atoms with E-state index < -0.39 is 42.1 Å². The van der Waals surface area contributed by atoms with Crippen molar-refractivity contribution in [3.8, 4) is 5.75 Å². The Morgan fingerprint density at radius 1 is 1.00 bits per heavy atom. The molecule has 1 unspecified atom stereocenters. The first-order valence-electron chi connectivity index (χ1n) is 14.3. The van der Waals surface area contributed by atoms with Crippen LogP contribution in [0.3, 0.4) is 0 Å². The van der Waals surface area contributed by atoms with E-state index in [-0.39, 0.29) is 51.3 Å². The lowest BCUT2D eigenvalue weighted by molar-refractivity contribution is -0.139. The average molecular weight is 666 g/mol. The number of nitrogens with zero attached hydrogens (tertiary/aromatic N) is 1. The number of ether oxygens (including phenoxy) is 2. The van der Waals surface area contributed by atoms with Crippen LogP contribution in [0, 0.1) is 5.82 Å². The lowest BCUT2D eigenvalue weighted by Crippen LogP contribution is -2.36. The number of phosphoric ester groups is 1. The molecule has 0 saturated carbocycles. The first-order valence-corrected chi connectivity index (χ1v) is 16.1. The number of alkyl halides is 3. The molecule has 7 nitrogen and oxygen atoms in total. The van der Waals surface area contributed by atoms with Gasteiger partial charge in [0.05, 0.1) is 30.0 Å². The predicted octanol–water partition coefficient (Wildman–Crippen LogP) is 9.38. The Hall–Kier alpha value is -2.17. The minimum atomic E-state index is -4.67. The van der Waals surface area contributed by atoms with Crippen LogP contribution in [-0.2, 0) is 41.9 Å². The van der Waals surface area contributed by atoms with Gasteiger partial charge in [0.2, 0.25) is 0 Å². The lowest BCUT2D eigenvalue weighted by Gasteiger charge is -2.33. The highest BCUT2D eigenvalue weighted by molar-refractivity contribution is 7.48. The summed E-state index contributed by atoms with van der Waals surface area (Å²) in [5.74, 6) is -0.366. The number of phosphoric acid groups is 1. The average Bonchev–Trinajstić information content (AvgIpc) is 3.24. The third-order valence-corrected chi connectivity index (χ3v) is 8.51. The molecule has 44 heavy (non-hydrogen) atoms. The summed E-state index contributed by atoms with van der Waals surface area (Å²) in [6.07, 6.45) is -3.70. The van der Waals surface area contributed by atoms with Gasteiger partial charge in [0.25, 0.3) is 0 Å². The van der Waals surface area contributed by atoms with E-state index in [9.17, 15) is 22.1 Å². The van der Waals surface area contributed by atoms with Crippen LogP contribution >= 0.6 is 19.4 Å². The van der Waals surface area contributed by atoms with E-state index in [1.54, 1.807) is 54.5 Å². The summed E-state index contributed by atoms with van der Waals surface area (Å²) < 4.78 is 97.9. The largest absolute Gasteiger partial charge is 0.493 e. The quantitative estimate of drug-likeness (QED) is 0.121. The Bertz CT molecular complexity index is 1350. The summed E-state index contributed by atoms with van der Waals surface area (Å²) in [6, 6.07) is 8.04. The van der Waals surface area contributed by atoms with Crippen LogP contribution in [0.1, 0.15) is 78.0 Å². The second-order valence-electron chi connectivity index (χ2n) is 12.8. The van der Waals surface area contributed by atoms with Crippen molar-refractivity contribution in [1.82, 2.24) is 0 Å². The first kappa shape index (κ1) is 36.3. The highest BCUT2D eigenvalue weighted by Crippen LogP contribution is 2.56. The van der Waals surface area contributed by atoms with Crippen molar-refractivity contribution < 1.29 is 45.2 Å². The van der Waals surface area contributed by atoms with Crippen molar-refractivity contribution in [3.05, 3.63) is 63.9 Å². The van der Waals surface area contributed by atoms with Crippen molar-refractivity contribution in [1.29, 1.82) is 0 Å². The molecule has 1 atom stereocenters. The molecule has 0 fully saturated rings. The number of hydrogen-bond donors (Lipinski definition) is 0. The smallest absolute Gasteiger partial charge is 0.475 e. The van der Waals surface area contributed by atoms with Crippen molar-refractivity contribution >= 4 is 25.3 Å². The molecular weight excluding hydrogens is 625 g/mol. The molecule has 246 valence electrons. The molecule has 0 radical (unpaired) electrons. The summed E-state index contributed by atoms with van der Waals surface area (Å²) in [6.45, 7) is 11.8. The third kappa shape index (κ3) is 11.3. The van der Waals surface area contributed by atoms with Crippen molar-refractivity contribution in [2.75, 3.05) is 19.8 Å². The molecule has 1 heterocycles. The lowest BCUT2D eigenvalue weighted by atomic mass is 9.93. The van der Waals surface area contributed by atoms with Gasteiger partial charge in [0.15, 0.2) is 5.90 Å². The molecule has 1 aliphatic heterocycles. The first-order chi connectivity index (χ1) is 20.2. The van der Waals surface area contributed by atoms with E-state index in [1.165, 1.54) is 24.3 Å². The Labute approximate surface area is 261 Å². The molecule has 2 aromatic carbocycles. The van der Waals surface area contributed by atoms with Gasteiger partial charge in [0, 0.05) is 11.9 Å². The van der Waals surface area contributed by atoms with E-state index in [0.717, 1.165) is 6.07 Å². The molecule has 0 aromatic heterocycles. The number of aryl methyl sites for hydroxylation is 2. The van der Waals surface area contributed by atoms with Gasteiger partial charge in [-0.2, -0.15) is 13.2 Å². The fourth-order valence-corrected chi connectivity index (χ4v) is 6.57. The summed E-state index contributed by atoms with van der Waals surface area (Å²) in [5.41, 5.74) is -2.87. The fraction of sp³-hybridized carbons (Fsp3) is 0.581. The second-order valence-corrected chi connectivity index (χ2v) is 14.7. The summed E-state index contributed by atoms with van der Waals surface area (Å²) >= 11 is 5.91. The molecule has 1 aliphatic rings. The number of benzene rings is 2. The van der Waals surface area contributed by atoms with Gasteiger partial charge in [-0.3, -0.25) is 13.6 Å². The van der Waals surface area contributed by atoms with Crippen LogP contribution in [0.15, 0.2) is 41.4 Å². The number of halogens is 5. The van der Waals surface area contributed by atoms with Crippen LogP contribution < -0.4 is 4.74 Å². The second kappa shape index (κ2) is 14.1. The molecule has 0 saturated heterocycles. The van der Waals surface area contributed by atoms with E-state index >= 15 is 0 Å². The maximum absolute atomic E-state index is 14.0. The highest BCUT2D eigenvalue weighted by Gasteiger charge is 2.43. The monoisotopic (exact) mass is 665 g/mol. The molecule has 0 bridgehead atoms. The molecular formula is C31H41ClF4NO6P. The third-order valence-electron chi connectivity index (χ3n) is 6.29. The summed E-state index contributed by atoms with van der Waals surface area (Å²) in [5, 5.41) is 0.376. The van der Waals surface area contributed by atoms with Gasteiger partial charge in [-0.1, -0.05) is 17.7 Å². The minimum Gasteiger partial charge on any atom is -0.493 e. The zero-order chi connectivity index (χ0) is 33.0. The number of aliphatic imine (C=N–C) groups is 1. The summed E-state index contributed by atoms with van der Waals surface area (Å²) in [7, 11) is -4.07. The van der Waals surface area contributed by atoms with Gasteiger partial charge >= 0.3 is 14.0 Å². The standard InChI is InChI=1S/C31H41ClF4NO6P/c1-21-37-30(19-40-21,20-41-44(38,42-28(2,3)4)43-29(5,6)7)15-14-22-10-13-27(25(17-22)31(34,35)36)39-16-8-9-23-18-24(32)11-12-26(23)33/h10-13,17-18H,8-9,14-16,19-20H2,1-7H3. The van der Waals surface area contributed by atoms with Crippen LogP contribution in [-0.4, -0.2) is 42.5 Å².